The summed E-state index contributed by atoms with van der Waals surface area (Å²) in [6.45, 7) is 11.3. The third-order valence-electron chi connectivity index (χ3n) is 3.76. The van der Waals surface area contributed by atoms with Gasteiger partial charge in [0.1, 0.15) is 0 Å². The minimum absolute atomic E-state index is 0.119. The van der Waals surface area contributed by atoms with Crippen LogP contribution in [-0.4, -0.2) is 21.7 Å². The minimum Gasteiger partial charge on any atom is -0.312 e. The molecule has 0 saturated carbocycles. The van der Waals surface area contributed by atoms with Gasteiger partial charge in [0.2, 0.25) is 0 Å². The van der Waals surface area contributed by atoms with E-state index in [4.69, 9.17) is 0 Å². The lowest BCUT2D eigenvalue weighted by molar-refractivity contribution is 0.325. The number of rotatable bonds is 9. The fourth-order valence-electron chi connectivity index (χ4n) is 2.28. The zero-order valence-corrected chi connectivity index (χ0v) is 12.9. The molecule has 4 heteroatoms. The van der Waals surface area contributed by atoms with E-state index in [0.717, 1.165) is 38.9 Å². The topological polar surface area (TPSA) is 39.0 Å². The molecule has 1 aromatic rings. The van der Waals surface area contributed by atoms with E-state index in [1.54, 1.807) is 4.57 Å². The van der Waals surface area contributed by atoms with E-state index in [-0.39, 0.29) is 5.69 Å². The van der Waals surface area contributed by atoms with Crippen molar-refractivity contribution in [3.05, 3.63) is 22.9 Å². The highest BCUT2D eigenvalue weighted by atomic mass is 16.1. The van der Waals surface area contributed by atoms with Gasteiger partial charge in [-0.15, -0.1) is 0 Å². The summed E-state index contributed by atoms with van der Waals surface area (Å²) in [7, 11) is 0. The van der Waals surface area contributed by atoms with Crippen molar-refractivity contribution in [1.29, 1.82) is 0 Å². The van der Waals surface area contributed by atoms with Crippen molar-refractivity contribution in [1.82, 2.24) is 14.5 Å². The summed E-state index contributed by atoms with van der Waals surface area (Å²) < 4.78 is 3.64. The Balaban J connectivity index is 2.75. The summed E-state index contributed by atoms with van der Waals surface area (Å²) in [6.07, 6.45) is 7.07. The SMILES string of the molecule is CCCNC(Cn1ccn(CCC)c1=O)C(C)CC. The van der Waals surface area contributed by atoms with Crippen LogP contribution in [0.5, 0.6) is 0 Å². The molecule has 0 spiro atoms. The molecule has 0 aromatic carbocycles. The molecule has 0 saturated heterocycles. The number of aromatic nitrogens is 2. The lowest BCUT2D eigenvalue weighted by Crippen LogP contribution is -2.41. The van der Waals surface area contributed by atoms with Crippen LogP contribution >= 0.6 is 0 Å². The Labute approximate surface area is 116 Å². The highest BCUT2D eigenvalue weighted by Gasteiger charge is 2.16. The smallest absolute Gasteiger partial charge is 0.312 e. The second kappa shape index (κ2) is 8.20. The Hall–Kier alpha value is -1.03. The lowest BCUT2D eigenvalue weighted by Gasteiger charge is -2.24. The zero-order valence-electron chi connectivity index (χ0n) is 12.9. The van der Waals surface area contributed by atoms with Gasteiger partial charge in [0.25, 0.3) is 0 Å². The number of imidazole rings is 1. The molecule has 0 amide bonds. The molecule has 0 radical (unpaired) electrons. The summed E-state index contributed by atoms with van der Waals surface area (Å²) in [5.74, 6) is 0.577. The third-order valence-corrected chi connectivity index (χ3v) is 3.76. The molecule has 4 nitrogen and oxygen atoms in total. The van der Waals surface area contributed by atoms with Crippen molar-refractivity contribution in [2.45, 2.75) is 66.1 Å². The summed E-state index contributed by atoms with van der Waals surface area (Å²) in [5.41, 5.74) is 0.119. The number of hydrogen-bond acceptors (Lipinski definition) is 2. The summed E-state index contributed by atoms with van der Waals surface area (Å²) >= 11 is 0. The van der Waals surface area contributed by atoms with Gasteiger partial charge < -0.3 is 5.32 Å². The van der Waals surface area contributed by atoms with Gasteiger partial charge in [-0.25, -0.2) is 4.79 Å². The van der Waals surface area contributed by atoms with Crippen LogP contribution in [0.1, 0.15) is 47.0 Å². The maximum Gasteiger partial charge on any atom is 0.328 e. The fraction of sp³-hybridized carbons (Fsp3) is 0.800. The van der Waals surface area contributed by atoms with Crippen molar-refractivity contribution in [2.75, 3.05) is 6.54 Å². The second-order valence-electron chi connectivity index (χ2n) is 5.37. The number of nitrogens with zero attached hydrogens (tertiary/aromatic N) is 2. The van der Waals surface area contributed by atoms with Crippen LogP contribution in [0, 0.1) is 5.92 Å². The molecule has 0 fully saturated rings. The van der Waals surface area contributed by atoms with Crippen LogP contribution < -0.4 is 11.0 Å². The number of hydrogen-bond donors (Lipinski definition) is 1. The zero-order chi connectivity index (χ0) is 14.3. The van der Waals surface area contributed by atoms with E-state index in [2.05, 4.69) is 33.0 Å². The van der Waals surface area contributed by atoms with E-state index in [1.165, 1.54) is 0 Å². The molecule has 0 aliphatic carbocycles. The second-order valence-corrected chi connectivity index (χ2v) is 5.37. The van der Waals surface area contributed by atoms with E-state index in [1.807, 2.05) is 17.0 Å². The van der Waals surface area contributed by atoms with Crippen LogP contribution in [0.25, 0.3) is 0 Å². The average molecular weight is 267 g/mol. The van der Waals surface area contributed by atoms with Crippen molar-refractivity contribution < 1.29 is 0 Å². The Bertz CT molecular complexity index is 408. The number of aryl methyl sites for hydroxylation is 1. The van der Waals surface area contributed by atoms with Gasteiger partial charge >= 0.3 is 5.69 Å². The lowest BCUT2D eigenvalue weighted by atomic mass is 9.99. The van der Waals surface area contributed by atoms with Crippen molar-refractivity contribution in [2.24, 2.45) is 5.92 Å². The molecular weight excluding hydrogens is 238 g/mol. The molecule has 1 heterocycles. The molecule has 2 atom stereocenters. The molecule has 110 valence electrons. The third kappa shape index (κ3) is 4.53. The van der Waals surface area contributed by atoms with Gasteiger partial charge in [-0.3, -0.25) is 9.13 Å². The predicted molar refractivity (Wildman–Crippen MR) is 80.5 cm³/mol. The van der Waals surface area contributed by atoms with Crippen molar-refractivity contribution >= 4 is 0 Å². The molecule has 1 N–H and O–H groups in total. The summed E-state index contributed by atoms with van der Waals surface area (Å²) in [6, 6.07) is 0.375. The predicted octanol–water partition coefficient (Wildman–Crippen LogP) is 2.47. The Morgan fingerprint density at radius 2 is 1.84 bits per heavy atom. The molecule has 0 aliphatic heterocycles. The Morgan fingerprint density at radius 3 is 2.42 bits per heavy atom. The first kappa shape index (κ1) is 16.0. The van der Waals surface area contributed by atoms with E-state index < -0.39 is 0 Å². The van der Waals surface area contributed by atoms with Crippen LogP contribution in [0.4, 0.5) is 0 Å². The molecule has 2 unspecified atom stereocenters. The molecule has 1 rings (SSSR count). The monoisotopic (exact) mass is 267 g/mol. The Morgan fingerprint density at radius 1 is 1.16 bits per heavy atom. The van der Waals surface area contributed by atoms with Gasteiger partial charge in [-0.2, -0.15) is 0 Å². The van der Waals surface area contributed by atoms with Gasteiger partial charge in [-0.05, 0) is 25.3 Å². The van der Waals surface area contributed by atoms with Gasteiger partial charge in [-0.1, -0.05) is 34.1 Å². The standard InChI is InChI=1S/C15H29N3O/c1-5-8-16-14(13(4)7-3)12-18-11-10-17(9-6-2)15(18)19/h10-11,13-14,16H,5-9,12H2,1-4H3. The molecule has 0 bridgehead atoms. The first-order valence-corrected chi connectivity index (χ1v) is 7.62. The van der Waals surface area contributed by atoms with E-state index in [0.29, 0.717) is 12.0 Å². The van der Waals surface area contributed by atoms with Crippen LogP contribution in [-0.2, 0) is 13.1 Å². The van der Waals surface area contributed by atoms with Gasteiger partial charge in [0.15, 0.2) is 0 Å². The summed E-state index contributed by atoms with van der Waals surface area (Å²) in [5, 5.41) is 3.57. The maximum atomic E-state index is 12.2. The molecule has 19 heavy (non-hydrogen) atoms. The van der Waals surface area contributed by atoms with Crippen molar-refractivity contribution in [3.8, 4) is 0 Å². The minimum atomic E-state index is 0.119. The molecule has 1 aromatic heterocycles. The molecule has 0 aliphatic rings. The van der Waals surface area contributed by atoms with Gasteiger partial charge in [0.05, 0.1) is 0 Å². The Kier molecular flexibility index (Phi) is 6.92. The number of nitrogens with one attached hydrogen (secondary N) is 1. The van der Waals surface area contributed by atoms with Crippen LogP contribution in [0.3, 0.4) is 0 Å². The van der Waals surface area contributed by atoms with Crippen molar-refractivity contribution in [3.63, 3.8) is 0 Å². The first-order valence-electron chi connectivity index (χ1n) is 7.62. The quantitative estimate of drug-likeness (QED) is 0.746. The van der Waals surface area contributed by atoms with E-state index in [9.17, 15) is 4.79 Å². The summed E-state index contributed by atoms with van der Waals surface area (Å²) in [4.78, 5) is 12.2. The highest BCUT2D eigenvalue weighted by molar-refractivity contribution is 4.84. The van der Waals surface area contributed by atoms with Crippen LogP contribution in [0.2, 0.25) is 0 Å². The van der Waals surface area contributed by atoms with Gasteiger partial charge in [0, 0.05) is 31.5 Å². The maximum absolute atomic E-state index is 12.2. The average Bonchev–Trinajstić information content (AvgIpc) is 2.75. The molecular formula is C15H29N3O. The van der Waals surface area contributed by atoms with E-state index >= 15 is 0 Å². The normalized spacial score (nSPS) is 14.5. The highest BCUT2D eigenvalue weighted by Crippen LogP contribution is 2.09. The van der Waals surface area contributed by atoms with Crippen LogP contribution in [0.15, 0.2) is 17.2 Å². The largest absolute Gasteiger partial charge is 0.328 e. The first-order chi connectivity index (χ1) is 9.13. The fourth-order valence-corrected chi connectivity index (χ4v) is 2.28.